The Morgan fingerprint density at radius 3 is 2.78 bits per heavy atom. The fourth-order valence-electron chi connectivity index (χ4n) is 2.82. The largest absolute Gasteiger partial charge is 0.370 e. The lowest BCUT2D eigenvalue weighted by Gasteiger charge is -2.44. The van der Waals surface area contributed by atoms with Gasteiger partial charge in [-0.1, -0.05) is 0 Å². The number of rotatable bonds is 3. The van der Waals surface area contributed by atoms with Crippen molar-refractivity contribution in [2.45, 2.75) is 45.4 Å². The number of ether oxygens (including phenoxy) is 1. The molecule has 2 atom stereocenters. The topological polar surface area (TPSA) is 38.5 Å². The number of aryl methyl sites for hydroxylation is 1. The summed E-state index contributed by atoms with van der Waals surface area (Å²) in [6, 6.07) is 4.72. The first-order valence-electron chi connectivity index (χ1n) is 6.59. The summed E-state index contributed by atoms with van der Waals surface area (Å²) in [4.78, 5) is 5.20. The van der Waals surface area contributed by atoms with E-state index in [2.05, 4.69) is 44.7 Å². The van der Waals surface area contributed by atoms with E-state index < -0.39 is 0 Å². The molecule has 3 nitrogen and oxygen atoms in total. The van der Waals surface area contributed by atoms with Crippen molar-refractivity contribution in [3.05, 3.63) is 21.9 Å². The van der Waals surface area contributed by atoms with Crippen LogP contribution in [0.25, 0.3) is 0 Å². The molecular formula is C14H24N2OS. The number of nitrogens with two attached hydrogens (primary N) is 1. The summed E-state index contributed by atoms with van der Waals surface area (Å²) >= 11 is 1.85. The average Bonchev–Trinajstić information content (AvgIpc) is 2.63. The summed E-state index contributed by atoms with van der Waals surface area (Å²) in [7, 11) is 0. The monoisotopic (exact) mass is 268 g/mol. The van der Waals surface area contributed by atoms with Crippen molar-refractivity contribution in [3.8, 4) is 0 Å². The Hall–Kier alpha value is -0.420. The van der Waals surface area contributed by atoms with E-state index in [1.54, 1.807) is 0 Å². The van der Waals surface area contributed by atoms with Crippen molar-refractivity contribution < 1.29 is 4.74 Å². The quantitative estimate of drug-likeness (QED) is 0.915. The van der Waals surface area contributed by atoms with Gasteiger partial charge in [-0.15, -0.1) is 11.3 Å². The third-order valence-corrected chi connectivity index (χ3v) is 4.45. The van der Waals surface area contributed by atoms with Crippen molar-refractivity contribution in [3.63, 3.8) is 0 Å². The Morgan fingerprint density at radius 2 is 2.28 bits per heavy atom. The smallest absolute Gasteiger partial charge is 0.0757 e. The second kappa shape index (κ2) is 5.29. The molecule has 2 N–H and O–H groups in total. The summed E-state index contributed by atoms with van der Waals surface area (Å²) in [5, 5.41) is 0. The van der Waals surface area contributed by atoms with Crippen LogP contribution in [0.4, 0.5) is 0 Å². The zero-order valence-corrected chi connectivity index (χ0v) is 12.6. The van der Waals surface area contributed by atoms with E-state index in [1.165, 1.54) is 9.75 Å². The Balaban J connectivity index is 2.17. The van der Waals surface area contributed by atoms with E-state index in [1.807, 2.05) is 11.3 Å². The van der Waals surface area contributed by atoms with Crippen LogP contribution in [-0.2, 0) is 4.74 Å². The highest BCUT2D eigenvalue weighted by Crippen LogP contribution is 2.31. The van der Waals surface area contributed by atoms with Gasteiger partial charge >= 0.3 is 0 Å². The van der Waals surface area contributed by atoms with Crippen molar-refractivity contribution >= 4 is 11.3 Å². The molecule has 0 aromatic carbocycles. The van der Waals surface area contributed by atoms with Gasteiger partial charge in [-0.05, 0) is 39.8 Å². The molecular weight excluding hydrogens is 244 g/mol. The molecule has 1 aromatic heterocycles. The van der Waals surface area contributed by atoms with Crippen LogP contribution < -0.4 is 5.73 Å². The maximum atomic E-state index is 6.00. The standard InChI is InChI=1S/C14H24N2OS/c1-10-8-16(9-14(3,4)17-10)12(7-15)13-6-5-11(2)18-13/h5-6,10,12H,7-9,15H2,1-4H3. The maximum Gasteiger partial charge on any atom is 0.0757 e. The second-order valence-electron chi connectivity index (χ2n) is 5.82. The number of morpholine rings is 1. The third-order valence-electron chi connectivity index (χ3n) is 3.35. The fourth-order valence-corrected chi connectivity index (χ4v) is 3.84. The third kappa shape index (κ3) is 3.12. The first-order valence-corrected chi connectivity index (χ1v) is 7.41. The van der Waals surface area contributed by atoms with Gasteiger partial charge in [-0.2, -0.15) is 0 Å². The zero-order valence-electron chi connectivity index (χ0n) is 11.8. The first-order chi connectivity index (χ1) is 8.41. The molecule has 4 heteroatoms. The van der Waals surface area contributed by atoms with Crippen LogP contribution in [0, 0.1) is 6.92 Å². The lowest BCUT2D eigenvalue weighted by Crippen LogP contribution is -2.53. The molecule has 18 heavy (non-hydrogen) atoms. The van der Waals surface area contributed by atoms with Crippen LogP contribution in [0.5, 0.6) is 0 Å². The summed E-state index contributed by atoms with van der Waals surface area (Å²) in [5.41, 5.74) is 5.92. The predicted octanol–water partition coefficient (Wildman–Crippen LogP) is 2.56. The van der Waals surface area contributed by atoms with E-state index in [-0.39, 0.29) is 11.7 Å². The van der Waals surface area contributed by atoms with Gasteiger partial charge in [0, 0.05) is 29.4 Å². The van der Waals surface area contributed by atoms with Gasteiger partial charge in [0.05, 0.1) is 17.7 Å². The Labute approximate surface area is 114 Å². The molecule has 102 valence electrons. The molecule has 1 fully saturated rings. The van der Waals surface area contributed by atoms with Gasteiger partial charge in [-0.3, -0.25) is 4.90 Å². The van der Waals surface area contributed by atoms with Crippen LogP contribution in [0.3, 0.4) is 0 Å². The van der Waals surface area contributed by atoms with E-state index in [0.717, 1.165) is 13.1 Å². The van der Waals surface area contributed by atoms with Crippen LogP contribution in [-0.4, -0.2) is 36.2 Å². The number of hydrogen-bond donors (Lipinski definition) is 1. The van der Waals surface area contributed by atoms with Crippen LogP contribution in [0.2, 0.25) is 0 Å². The summed E-state index contributed by atoms with van der Waals surface area (Å²) in [6.07, 6.45) is 0.267. The first kappa shape index (κ1) is 14.0. The minimum Gasteiger partial charge on any atom is -0.370 e. The van der Waals surface area contributed by atoms with E-state index in [0.29, 0.717) is 12.6 Å². The highest BCUT2D eigenvalue weighted by atomic mass is 32.1. The van der Waals surface area contributed by atoms with Crippen molar-refractivity contribution in [1.29, 1.82) is 0 Å². The molecule has 0 radical (unpaired) electrons. The Bertz CT molecular complexity index is 402. The Morgan fingerprint density at radius 1 is 1.56 bits per heavy atom. The SMILES string of the molecule is Cc1ccc(C(CN)N2CC(C)OC(C)(C)C2)s1. The average molecular weight is 268 g/mol. The number of thiophene rings is 1. The molecule has 1 aromatic rings. The highest BCUT2D eigenvalue weighted by molar-refractivity contribution is 7.12. The molecule has 0 aliphatic carbocycles. The lowest BCUT2D eigenvalue weighted by atomic mass is 10.0. The van der Waals surface area contributed by atoms with Crippen molar-refractivity contribution in [1.82, 2.24) is 4.90 Å². The predicted molar refractivity (Wildman–Crippen MR) is 77.1 cm³/mol. The van der Waals surface area contributed by atoms with Crippen molar-refractivity contribution in [2.24, 2.45) is 5.73 Å². The molecule has 0 spiro atoms. The Kier molecular flexibility index (Phi) is 4.11. The van der Waals surface area contributed by atoms with E-state index in [4.69, 9.17) is 10.5 Å². The molecule has 2 rings (SSSR count). The molecule has 1 aliphatic rings. The molecule has 1 saturated heterocycles. The minimum atomic E-state index is -0.0859. The highest BCUT2D eigenvalue weighted by Gasteiger charge is 2.35. The number of hydrogen-bond acceptors (Lipinski definition) is 4. The van der Waals surface area contributed by atoms with Crippen LogP contribution >= 0.6 is 11.3 Å². The fraction of sp³-hybridized carbons (Fsp3) is 0.714. The van der Waals surface area contributed by atoms with Crippen LogP contribution in [0.15, 0.2) is 12.1 Å². The van der Waals surface area contributed by atoms with Gasteiger partial charge in [-0.25, -0.2) is 0 Å². The minimum absolute atomic E-state index is 0.0859. The van der Waals surface area contributed by atoms with Crippen molar-refractivity contribution in [2.75, 3.05) is 19.6 Å². The number of nitrogens with zero attached hydrogens (tertiary/aromatic N) is 1. The lowest BCUT2D eigenvalue weighted by molar-refractivity contribution is -0.137. The molecule has 1 aliphatic heterocycles. The van der Waals surface area contributed by atoms with Gasteiger partial charge in [0.1, 0.15) is 0 Å². The normalized spacial score (nSPS) is 26.2. The van der Waals surface area contributed by atoms with Gasteiger partial charge in [0.2, 0.25) is 0 Å². The van der Waals surface area contributed by atoms with Crippen LogP contribution in [0.1, 0.15) is 36.6 Å². The molecule has 0 amide bonds. The second-order valence-corrected chi connectivity index (χ2v) is 7.14. The van der Waals surface area contributed by atoms with Gasteiger partial charge in [0.15, 0.2) is 0 Å². The molecule has 2 heterocycles. The summed E-state index contributed by atoms with van der Waals surface area (Å²) in [5.74, 6) is 0. The van der Waals surface area contributed by atoms with E-state index in [9.17, 15) is 0 Å². The zero-order chi connectivity index (χ0) is 13.3. The molecule has 0 bridgehead atoms. The van der Waals surface area contributed by atoms with Gasteiger partial charge < -0.3 is 10.5 Å². The van der Waals surface area contributed by atoms with E-state index >= 15 is 0 Å². The maximum absolute atomic E-state index is 6.00. The summed E-state index contributed by atoms with van der Waals surface area (Å²) in [6.45, 7) is 11.2. The molecule has 0 saturated carbocycles. The molecule has 2 unspecified atom stereocenters. The summed E-state index contributed by atoms with van der Waals surface area (Å²) < 4.78 is 5.96. The van der Waals surface area contributed by atoms with Gasteiger partial charge in [0.25, 0.3) is 0 Å².